The molecule has 1 aromatic heterocycles. The number of anilines is 1. The molecule has 0 radical (unpaired) electrons. The predicted octanol–water partition coefficient (Wildman–Crippen LogP) is 4.24. The fourth-order valence-corrected chi connectivity index (χ4v) is 6.24. The summed E-state index contributed by atoms with van der Waals surface area (Å²) >= 11 is 12.9. The molecule has 1 aromatic carbocycles. The van der Waals surface area contributed by atoms with E-state index in [1.165, 1.54) is 10.4 Å². The Bertz CT molecular complexity index is 883. The highest BCUT2D eigenvalue weighted by molar-refractivity contribution is 7.91. The minimum atomic E-state index is -3.76. The van der Waals surface area contributed by atoms with Gasteiger partial charge in [0.05, 0.1) is 15.0 Å². The molecule has 1 atom stereocenters. The fraction of sp³-hybridized carbons (Fsp3) is 0.312. The second kappa shape index (κ2) is 7.63. The Hall–Kier alpha value is -1.12. The smallest absolute Gasteiger partial charge is 0.253 e. The van der Waals surface area contributed by atoms with Crippen molar-refractivity contribution < 1.29 is 13.2 Å². The Labute approximate surface area is 160 Å². The van der Waals surface area contributed by atoms with E-state index in [0.717, 1.165) is 17.8 Å². The zero-order valence-electron chi connectivity index (χ0n) is 13.1. The van der Waals surface area contributed by atoms with Crippen molar-refractivity contribution >= 4 is 56.2 Å². The normalized spacial score (nSPS) is 18.9. The number of carbonyl (C=O) groups excluding carboxylic acids is 1. The molecule has 0 saturated carbocycles. The first-order valence-electron chi connectivity index (χ1n) is 7.72. The Kier molecular flexibility index (Phi) is 5.70. The summed E-state index contributed by atoms with van der Waals surface area (Å²) in [5, 5.41) is 3.15. The van der Waals surface area contributed by atoms with Crippen LogP contribution in [0.2, 0.25) is 9.36 Å². The number of nitrogens with one attached hydrogen (secondary N) is 1. The minimum Gasteiger partial charge on any atom is -0.323 e. The third-order valence-corrected chi connectivity index (χ3v) is 7.94. The minimum absolute atomic E-state index is 0.148. The van der Waals surface area contributed by atoms with Gasteiger partial charge in [-0.1, -0.05) is 41.8 Å². The number of nitrogens with zero attached hydrogens (tertiary/aromatic N) is 1. The average molecular weight is 419 g/mol. The number of amides is 1. The number of halogens is 2. The van der Waals surface area contributed by atoms with Gasteiger partial charge in [-0.25, -0.2) is 8.42 Å². The van der Waals surface area contributed by atoms with Crippen molar-refractivity contribution in [2.75, 3.05) is 11.9 Å². The maximum Gasteiger partial charge on any atom is 0.253 e. The maximum absolute atomic E-state index is 12.9. The number of hydrogen-bond acceptors (Lipinski definition) is 4. The molecule has 1 fully saturated rings. The van der Waals surface area contributed by atoms with E-state index in [1.54, 1.807) is 30.3 Å². The zero-order valence-corrected chi connectivity index (χ0v) is 16.3. The van der Waals surface area contributed by atoms with Gasteiger partial charge in [-0.3, -0.25) is 4.79 Å². The van der Waals surface area contributed by atoms with Gasteiger partial charge in [0.2, 0.25) is 5.91 Å². The van der Waals surface area contributed by atoms with Crippen LogP contribution in [0, 0.1) is 0 Å². The summed E-state index contributed by atoms with van der Waals surface area (Å²) in [5.74, 6) is -0.376. The SMILES string of the molecule is O=C(Nc1ccccc1Cl)[C@@H]1CCCCN1S(=O)(=O)c1ccc(Cl)s1. The third-order valence-electron chi connectivity index (χ3n) is 4.00. The number of sulfonamides is 1. The van der Waals surface area contributed by atoms with Crippen LogP contribution in [0.1, 0.15) is 19.3 Å². The second-order valence-corrected chi connectivity index (χ2v) is 9.89. The van der Waals surface area contributed by atoms with Crippen LogP contribution < -0.4 is 5.32 Å². The van der Waals surface area contributed by atoms with Gasteiger partial charge in [-0.05, 0) is 37.1 Å². The van der Waals surface area contributed by atoms with Crippen molar-refractivity contribution in [2.45, 2.75) is 29.5 Å². The lowest BCUT2D eigenvalue weighted by Gasteiger charge is -2.33. The van der Waals surface area contributed by atoms with Crippen LogP contribution in [0.4, 0.5) is 5.69 Å². The fourth-order valence-electron chi connectivity index (χ4n) is 2.79. The molecule has 1 N–H and O–H groups in total. The first-order valence-corrected chi connectivity index (χ1v) is 10.7. The molecule has 2 aromatic rings. The number of carbonyl (C=O) groups is 1. The van der Waals surface area contributed by atoms with E-state index in [0.29, 0.717) is 34.4 Å². The van der Waals surface area contributed by atoms with Crippen molar-refractivity contribution in [3.05, 3.63) is 45.8 Å². The van der Waals surface area contributed by atoms with Crippen molar-refractivity contribution in [2.24, 2.45) is 0 Å². The Balaban J connectivity index is 1.86. The lowest BCUT2D eigenvalue weighted by molar-refractivity contribution is -0.120. The lowest BCUT2D eigenvalue weighted by Crippen LogP contribution is -2.49. The van der Waals surface area contributed by atoms with Gasteiger partial charge in [0, 0.05) is 6.54 Å². The zero-order chi connectivity index (χ0) is 18.0. The average Bonchev–Trinajstić information content (AvgIpc) is 3.04. The largest absolute Gasteiger partial charge is 0.323 e. The van der Waals surface area contributed by atoms with Crippen LogP contribution in [-0.2, 0) is 14.8 Å². The van der Waals surface area contributed by atoms with Crippen LogP contribution in [0.25, 0.3) is 0 Å². The first-order chi connectivity index (χ1) is 11.9. The summed E-state index contributed by atoms with van der Waals surface area (Å²) in [4.78, 5) is 12.7. The summed E-state index contributed by atoms with van der Waals surface area (Å²) in [6.07, 6.45) is 1.97. The van der Waals surface area contributed by atoms with Gasteiger partial charge < -0.3 is 5.32 Å². The molecule has 3 rings (SSSR count). The third kappa shape index (κ3) is 4.01. The van der Waals surface area contributed by atoms with E-state index in [4.69, 9.17) is 23.2 Å². The van der Waals surface area contributed by atoms with E-state index in [1.807, 2.05) is 0 Å². The van der Waals surface area contributed by atoms with E-state index < -0.39 is 16.1 Å². The summed E-state index contributed by atoms with van der Waals surface area (Å²) < 4.78 is 27.6. The number of thiophene rings is 1. The molecule has 1 saturated heterocycles. The maximum atomic E-state index is 12.9. The van der Waals surface area contributed by atoms with Crippen LogP contribution >= 0.6 is 34.5 Å². The Morgan fingerprint density at radius 2 is 1.92 bits per heavy atom. The molecular formula is C16H16Cl2N2O3S2. The molecule has 0 spiro atoms. The summed E-state index contributed by atoms with van der Waals surface area (Å²) in [7, 11) is -3.76. The number of para-hydroxylation sites is 1. The van der Waals surface area contributed by atoms with Crippen LogP contribution in [0.3, 0.4) is 0 Å². The molecule has 5 nitrogen and oxygen atoms in total. The summed E-state index contributed by atoms with van der Waals surface area (Å²) in [6, 6.07) is 9.11. The van der Waals surface area contributed by atoms with E-state index in [9.17, 15) is 13.2 Å². The van der Waals surface area contributed by atoms with Gasteiger partial charge in [-0.15, -0.1) is 11.3 Å². The highest BCUT2D eigenvalue weighted by atomic mass is 35.5. The van der Waals surface area contributed by atoms with E-state index >= 15 is 0 Å². The van der Waals surface area contributed by atoms with Gasteiger partial charge in [0.25, 0.3) is 10.0 Å². The monoisotopic (exact) mass is 418 g/mol. The van der Waals surface area contributed by atoms with Gasteiger partial charge in [0.1, 0.15) is 10.3 Å². The quantitative estimate of drug-likeness (QED) is 0.806. The Morgan fingerprint density at radius 1 is 1.16 bits per heavy atom. The molecule has 1 aliphatic heterocycles. The Morgan fingerprint density at radius 3 is 2.60 bits per heavy atom. The summed E-state index contributed by atoms with van der Waals surface area (Å²) in [5.41, 5.74) is 0.469. The molecule has 9 heteroatoms. The molecule has 25 heavy (non-hydrogen) atoms. The number of hydrogen-bond donors (Lipinski definition) is 1. The van der Waals surface area contributed by atoms with Crippen molar-refractivity contribution in [3.8, 4) is 0 Å². The highest BCUT2D eigenvalue weighted by Gasteiger charge is 2.38. The van der Waals surface area contributed by atoms with Gasteiger partial charge in [0.15, 0.2) is 0 Å². The molecule has 0 aliphatic carbocycles. The molecule has 134 valence electrons. The molecule has 1 amide bonds. The van der Waals surface area contributed by atoms with Gasteiger partial charge in [-0.2, -0.15) is 4.31 Å². The van der Waals surface area contributed by atoms with E-state index in [-0.39, 0.29) is 10.1 Å². The number of rotatable bonds is 4. The van der Waals surface area contributed by atoms with Gasteiger partial charge >= 0.3 is 0 Å². The molecule has 1 aliphatic rings. The van der Waals surface area contributed by atoms with Crippen molar-refractivity contribution in [1.29, 1.82) is 0 Å². The highest BCUT2D eigenvalue weighted by Crippen LogP contribution is 2.32. The van der Waals surface area contributed by atoms with E-state index in [2.05, 4.69) is 5.32 Å². The number of benzene rings is 1. The standard InChI is InChI=1S/C16H16Cl2N2O3S2/c17-11-5-1-2-6-12(11)19-16(21)13-7-3-4-10-20(13)25(22,23)15-9-8-14(18)24-15/h1-2,5-6,8-9,13H,3-4,7,10H2,(H,19,21)/t13-/m0/s1. The lowest BCUT2D eigenvalue weighted by atomic mass is 10.0. The molecule has 0 unspecified atom stereocenters. The predicted molar refractivity (Wildman–Crippen MR) is 101 cm³/mol. The first kappa shape index (κ1) is 18.7. The topological polar surface area (TPSA) is 66.5 Å². The van der Waals surface area contributed by atoms with Crippen LogP contribution in [0.5, 0.6) is 0 Å². The summed E-state index contributed by atoms with van der Waals surface area (Å²) in [6.45, 7) is 0.304. The molecular weight excluding hydrogens is 403 g/mol. The van der Waals surface area contributed by atoms with Crippen LogP contribution in [-0.4, -0.2) is 31.2 Å². The van der Waals surface area contributed by atoms with Crippen molar-refractivity contribution in [1.82, 2.24) is 4.31 Å². The van der Waals surface area contributed by atoms with Crippen molar-refractivity contribution in [3.63, 3.8) is 0 Å². The molecule has 0 bridgehead atoms. The number of piperidine rings is 1. The van der Waals surface area contributed by atoms with Crippen LogP contribution in [0.15, 0.2) is 40.6 Å². The second-order valence-electron chi connectivity index (χ2n) is 5.65. The molecule has 2 heterocycles.